The van der Waals surface area contributed by atoms with Crippen LogP contribution < -0.4 is 9.47 Å². The molecule has 4 aliphatic rings. The summed E-state index contributed by atoms with van der Waals surface area (Å²) in [5.74, 6) is -3.31. The molecule has 0 amide bonds. The minimum atomic E-state index is -1.96. The van der Waals surface area contributed by atoms with Gasteiger partial charge in [0.05, 0.1) is 32.3 Å². The molecule has 6 N–H and O–H groups in total. The SMILES string of the molecule is COc1cc(/C=C\C(=O)O[C@@H]2C[C@H](OC(C)=O)[C@H](O)[C@@H]3[C@@H]2CC[C@@]2(O)C(=O)O[C@H](c4ccoc4)C[C@@]32C)ccc1O[C@@H]1O[C@H](CO)[C@@H](O)[C@H](O)[C@H]1O. The minimum Gasteiger partial charge on any atom is -0.493 e. The summed E-state index contributed by atoms with van der Waals surface area (Å²) in [5, 5.41) is 63.5. The average Bonchev–Trinajstić information content (AvgIpc) is 3.66. The molecule has 16 nitrogen and oxygen atoms in total. The van der Waals surface area contributed by atoms with E-state index in [0.29, 0.717) is 11.1 Å². The van der Waals surface area contributed by atoms with Crippen LogP contribution in [-0.2, 0) is 33.3 Å². The number of ether oxygens (including phenoxy) is 6. The van der Waals surface area contributed by atoms with Crippen LogP contribution in [0.4, 0.5) is 0 Å². The van der Waals surface area contributed by atoms with E-state index in [4.69, 9.17) is 32.8 Å². The summed E-state index contributed by atoms with van der Waals surface area (Å²) >= 11 is 0. The maximum Gasteiger partial charge on any atom is 0.339 e. The molecule has 2 aromatic rings. The quantitative estimate of drug-likeness (QED) is 0.117. The van der Waals surface area contributed by atoms with Gasteiger partial charge in [-0.3, -0.25) is 4.79 Å². The van der Waals surface area contributed by atoms with Crippen LogP contribution in [0.1, 0.15) is 56.8 Å². The third-order valence-electron chi connectivity index (χ3n) is 11.1. The van der Waals surface area contributed by atoms with Gasteiger partial charge < -0.3 is 63.5 Å². The van der Waals surface area contributed by atoms with Gasteiger partial charge in [-0.2, -0.15) is 0 Å². The molecule has 4 fully saturated rings. The molecule has 1 aromatic heterocycles. The Morgan fingerprint density at radius 1 is 1.02 bits per heavy atom. The lowest BCUT2D eigenvalue weighted by atomic mass is 9.47. The molecule has 13 atom stereocenters. The average molecular weight is 733 g/mol. The highest BCUT2D eigenvalue weighted by Crippen LogP contribution is 2.62. The summed E-state index contributed by atoms with van der Waals surface area (Å²) in [5.41, 5.74) is -2.17. The number of benzene rings is 1. The predicted molar refractivity (Wildman–Crippen MR) is 174 cm³/mol. The van der Waals surface area contributed by atoms with Crippen molar-refractivity contribution in [3.63, 3.8) is 0 Å². The standard InChI is InChI=1S/C36H44O16/c1-17(38)48-24-13-22(20-8-10-36(45)34(44)52-25(19-9-11-47-16-19)14-35(36,2)28(20)29(24)40)49-27(39)7-5-18-4-6-21(23(12-18)46-3)50-33-32(43)31(42)30(41)26(15-37)51-33/h4-7,9,11-12,16,20,22,24-26,28-33,37,40-43,45H,8,10,13-15H2,1-3H3/b7-5-/t20-,22-,24+,25+,26-,28+,29+,30-,31+,32-,33-,35+,36-/m1/s1. The Morgan fingerprint density at radius 3 is 2.46 bits per heavy atom. The van der Waals surface area contributed by atoms with Gasteiger partial charge in [0.2, 0.25) is 6.29 Å². The number of methoxy groups -OCH3 is 1. The topological polar surface area (TPSA) is 241 Å². The summed E-state index contributed by atoms with van der Waals surface area (Å²) in [6, 6.07) is 6.21. The number of esters is 3. The molecule has 2 aliphatic carbocycles. The van der Waals surface area contributed by atoms with Crippen molar-refractivity contribution in [2.24, 2.45) is 17.3 Å². The molecule has 0 bridgehead atoms. The third-order valence-corrected chi connectivity index (χ3v) is 11.1. The van der Waals surface area contributed by atoms with Gasteiger partial charge >= 0.3 is 17.9 Å². The fourth-order valence-electron chi connectivity index (χ4n) is 8.34. The number of cyclic esters (lactones) is 1. The summed E-state index contributed by atoms with van der Waals surface area (Å²) in [6.45, 7) is 2.27. The van der Waals surface area contributed by atoms with Crippen LogP contribution in [0.3, 0.4) is 0 Å². The first kappa shape index (κ1) is 37.7. The van der Waals surface area contributed by atoms with Gasteiger partial charge in [-0.05, 0) is 49.1 Å². The monoisotopic (exact) mass is 732 g/mol. The van der Waals surface area contributed by atoms with Crippen LogP contribution in [0.2, 0.25) is 0 Å². The van der Waals surface area contributed by atoms with E-state index in [9.17, 15) is 45.0 Å². The number of furan rings is 1. The Bertz CT molecular complexity index is 1640. The van der Waals surface area contributed by atoms with Gasteiger partial charge in [0.15, 0.2) is 17.1 Å². The van der Waals surface area contributed by atoms with Crippen LogP contribution in [-0.4, -0.2) is 117 Å². The summed E-state index contributed by atoms with van der Waals surface area (Å²) in [7, 11) is 1.36. The number of carbonyl (C=O) groups is 3. The third kappa shape index (κ3) is 6.79. The first-order valence-electron chi connectivity index (χ1n) is 17.1. The number of carbonyl (C=O) groups excluding carboxylic acids is 3. The largest absolute Gasteiger partial charge is 0.493 e. The molecule has 2 saturated heterocycles. The van der Waals surface area contributed by atoms with Crippen molar-refractivity contribution in [3.05, 3.63) is 54.0 Å². The Hall–Kier alpha value is -4.03. The number of rotatable bonds is 9. The van der Waals surface area contributed by atoms with Crippen LogP contribution >= 0.6 is 0 Å². The Labute approximate surface area is 298 Å². The van der Waals surface area contributed by atoms with E-state index >= 15 is 0 Å². The maximum atomic E-state index is 13.4. The van der Waals surface area contributed by atoms with Crippen molar-refractivity contribution in [1.82, 2.24) is 0 Å². The molecular weight excluding hydrogens is 688 g/mol. The van der Waals surface area contributed by atoms with Crippen molar-refractivity contribution in [3.8, 4) is 11.5 Å². The molecular formula is C36H44O16. The summed E-state index contributed by atoms with van der Waals surface area (Å²) in [4.78, 5) is 38.8. The van der Waals surface area contributed by atoms with E-state index in [0.717, 1.165) is 0 Å². The van der Waals surface area contributed by atoms with E-state index in [1.54, 1.807) is 19.1 Å². The zero-order chi connectivity index (χ0) is 37.5. The Morgan fingerprint density at radius 2 is 1.79 bits per heavy atom. The molecule has 284 valence electrons. The normalized spacial score (nSPS) is 38.8. The minimum absolute atomic E-state index is 0.00616. The fourth-order valence-corrected chi connectivity index (χ4v) is 8.34. The molecule has 16 heteroatoms. The molecule has 3 heterocycles. The molecule has 1 aromatic carbocycles. The summed E-state index contributed by atoms with van der Waals surface area (Å²) in [6.07, 6.45) is -5.62. The number of aliphatic hydroxyl groups excluding tert-OH is 5. The number of hydrogen-bond acceptors (Lipinski definition) is 16. The highest BCUT2D eigenvalue weighted by molar-refractivity contribution is 5.87. The molecule has 6 rings (SSSR count). The van der Waals surface area contributed by atoms with Crippen LogP contribution in [0.25, 0.3) is 6.08 Å². The number of aliphatic hydroxyl groups is 6. The van der Waals surface area contributed by atoms with Crippen molar-refractivity contribution < 1.29 is 77.9 Å². The zero-order valence-electron chi connectivity index (χ0n) is 28.8. The second-order valence-electron chi connectivity index (χ2n) is 14.1. The lowest BCUT2D eigenvalue weighted by Gasteiger charge is -2.61. The number of hydrogen-bond donors (Lipinski definition) is 6. The molecule has 0 spiro atoms. The van der Waals surface area contributed by atoms with E-state index < -0.39 is 102 Å². The second kappa shape index (κ2) is 14.8. The highest BCUT2D eigenvalue weighted by Gasteiger charge is 2.69. The molecule has 0 radical (unpaired) electrons. The van der Waals surface area contributed by atoms with Crippen LogP contribution in [0, 0.1) is 17.3 Å². The smallest absolute Gasteiger partial charge is 0.339 e. The second-order valence-corrected chi connectivity index (χ2v) is 14.1. The molecule has 2 aliphatic heterocycles. The van der Waals surface area contributed by atoms with Gasteiger partial charge in [-0.25, -0.2) is 9.59 Å². The van der Waals surface area contributed by atoms with E-state index in [1.807, 2.05) is 0 Å². The van der Waals surface area contributed by atoms with Crippen molar-refractivity contribution in [2.45, 2.75) is 100 Å². The predicted octanol–water partition coefficient (Wildman–Crippen LogP) is 0.540. The van der Waals surface area contributed by atoms with Gasteiger partial charge in [-0.1, -0.05) is 13.0 Å². The van der Waals surface area contributed by atoms with Crippen molar-refractivity contribution in [1.29, 1.82) is 0 Å². The van der Waals surface area contributed by atoms with Gasteiger partial charge in [0.25, 0.3) is 0 Å². The van der Waals surface area contributed by atoms with E-state index in [2.05, 4.69) is 0 Å². The van der Waals surface area contributed by atoms with Gasteiger partial charge in [0, 0.05) is 42.2 Å². The van der Waals surface area contributed by atoms with Gasteiger partial charge in [-0.15, -0.1) is 0 Å². The van der Waals surface area contributed by atoms with Crippen molar-refractivity contribution >= 4 is 24.0 Å². The molecule has 52 heavy (non-hydrogen) atoms. The number of fused-ring (bicyclic) bond motifs is 3. The lowest BCUT2D eigenvalue weighted by Crippen LogP contribution is -2.70. The Kier molecular flexibility index (Phi) is 10.7. The van der Waals surface area contributed by atoms with Crippen LogP contribution in [0.5, 0.6) is 11.5 Å². The van der Waals surface area contributed by atoms with Crippen molar-refractivity contribution in [2.75, 3.05) is 13.7 Å². The first-order chi connectivity index (χ1) is 24.7. The van der Waals surface area contributed by atoms with E-state index in [-0.39, 0.29) is 37.2 Å². The Balaban J connectivity index is 1.20. The van der Waals surface area contributed by atoms with Gasteiger partial charge in [0.1, 0.15) is 42.7 Å². The lowest BCUT2D eigenvalue weighted by molar-refractivity contribution is -0.277. The maximum absolute atomic E-state index is 13.4. The fraction of sp³-hybridized carbons (Fsp3) is 0.583. The first-order valence-corrected chi connectivity index (χ1v) is 17.1. The molecule has 2 saturated carbocycles. The van der Waals surface area contributed by atoms with Crippen LogP contribution in [0.15, 0.2) is 47.3 Å². The molecule has 0 unspecified atom stereocenters. The summed E-state index contributed by atoms with van der Waals surface area (Å²) < 4.78 is 38.8. The van der Waals surface area contributed by atoms with E-state index in [1.165, 1.54) is 50.8 Å². The zero-order valence-corrected chi connectivity index (χ0v) is 28.8. The highest BCUT2D eigenvalue weighted by atomic mass is 16.7.